The molecule has 1 saturated carbocycles. The second kappa shape index (κ2) is 7.61. The van der Waals surface area contributed by atoms with Crippen molar-refractivity contribution in [1.29, 1.82) is 0 Å². The monoisotopic (exact) mass is 408 g/mol. The molecule has 1 amide bonds. The minimum absolute atomic E-state index is 0.0641. The highest BCUT2D eigenvalue weighted by Crippen LogP contribution is 2.44. The van der Waals surface area contributed by atoms with Gasteiger partial charge in [-0.3, -0.25) is 4.79 Å². The standard InChI is InChI=1S/C20H23F3N4O2/c1-29-14-8-4-5-12(9-14)16-10-17(20(21,22)23)27-18(26-16)15(11-24-27)19(28)25-13-6-2-3-7-13/h4-5,8-9,11,13,16-17,26H,2-3,6-7,10H2,1H3,(H,25,28)/t16-,17+/m1/s1. The Morgan fingerprint density at radius 2 is 2.07 bits per heavy atom. The lowest BCUT2D eigenvalue weighted by Crippen LogP contribution is -2.37. The average molecular weight is 408 g/mol. The van der Waals surface area contributed by atoms with E-state index in [0.717, 1.165) is 30.4 Å². The van der Waals surface area contributed by atoms with Gasteiger partial charge in [0, 0.05) is 12.5 Å². The van der Waals surface area contributed by atoms with Crippen molar-refractivity contribution in [2.75, 3.05) is 12.4 Å². The molecule has 9 heteroatoms. The number of aromatic nitrogens is 2. The van der Waals surface area contributed by atoms with Crippen LogP contribution in [-0.2, 0) is 0 Å². The van der Waals surface area contributed by atoms with Gasteiger partial charge in [0.25, 0.3) is 5.91 Å². The lowest BCUT2D eigenvalue weighted by atomic mass is 9.96. The molecule has 2 N–H and O–H groups in total. The first-order valence-electron chi connectivity index (χ1n) is 9.72. The van der Waals surface area contributed by atoms with Gasteiger partial charge in [0.05, 0.1) is 19.3 Å². The molecule has 1 aliphatic heterocycles. The summed E-state index contributed by atoms with van der Waals surface area (Å²) in [5.41, 5.74) is 0.798. The van der Waals surface area contributed by atoms with Gasteiger partial charge in [0.2, 0.25) is 0 Å². The second-order valence-electron chi connectivity index (χ2n) is 7.57. The third kappa shape index (κ3) is 3.90. The molecule has 1 aliphatic carbocycles. The minimum Gasteiger partial charge on any atom is -0.497 e. The molecule has 1 aromatic carbocycles. The SMILES string of the molecule is COc1cccc([C@H]2C[C@@H](C(F)(F)F)n3ncc(C(=O)NC4CCCC4)c3N2)c1. The quantitative estimate of drug-likeness (QED) is 0.795. The van der Waals surface area contributed by atoms with Crippen molar-refractivity contribution in [3.8, 4) is 5.75 Å². The first-order chi connectivity index (χ1) is 13.9. The van der Waals surface area contributed by atoms with Crippen molar-refractivity contribution in [1.82, 2.24) is 15.1 Å². The van der Waals surface area contributed by atoms with E-state index in [-0.39, 0.29) is 23.8 Å². The molecule has 156 valence electrons. The largest absolute Gasteiger partial charge is 0.497 e. The fraction of sp³-hybridized carbons (Fsp3) is 0.500. The minimum atomic E-state index is -4.49. The Labute approximate surface area is 166 Å². The van der Waals surface area contributed by atoms with E-state index in [1.807, 2.05) is 0 Å². The number of amides is 1. The number of alkyl halides is 3. The van der Waals surface area contributed by atoms with Gasteiger partial charge in [0.1, 0.15) is 17.1 Å². The molecule has 2 atom stereocenters. The summed E-state index contributed by atoms with van der Waals surface area (Å²) in [6.45, 7) is 0. The molecule has 2 heterocycles. The van der Waals surface area contributed by atoms with E-state index < -0.39 is 24.2 Å². The number of rotatable bonds is 4. The maximum absolute atomic E-state index is 13.8. The summed E-state index contributed by atoms with van der Waals surface area (Å²) in [6.07, 6.45) is 0.376. The zero-order valence-electron chi connectivity index (χ0n) is 16.0. The highest BCUT2D eigenvalue weighted by atomic mass is 19.4. The van der Waals surface area contributed by atoms with Crippen molar-refractivity contribution >= 4 is 11.7 Å². The molecule has 29 heavy (non-hydrogen) atoms. The highest BCUT2D eigenvalue weighted by Gasteiger charge is 2.47. The number of carbonyl (C=O) groups is 1. The van der Waals surface area contributed by atoms with Gasteiger partial charge in [-0.25, -0.2) is 4.68 Å². The Morgan fingerprint density at radius 3 is 2.76 bits per heavy atom. The highest BCUT2D eigenvalue weighted by molar-refractivity contribution is 5.99. The molecule has 0 bridgehead atoms. The number of carbonyl (C=O) groups excluding carboxylic acids is 1. The number of anilines is 1. The van der Waals surface area contributed by atoms with Gasteiger partial charge < -0.3 is 15.4 Å². The lowest BCUT2D eigenvalue weighted by molar-refractivity contribution is -0.173. The van der Waals surface area contributed by atoms with Crippen LogP contribution in [0.2, 0.25) is 0 Å². The Morgan fingerprint density at radius 1 is 1.31 bits per heavy atom. The number of halogens is 3. The van der Waals surface area contributed by atoms with Crippen LogP contribution in [0.25, 0.3) is 0 Å². The lowest BCUT2D eigenvalue weighted by Gasteiger charge is -2.34. The summed E-state index contributed by atoms with van der Waals surface area (Å²) in [5, 5.41) is 9.94. The number of ether oxygens (including phenoxy) is 1. The van der Waals surface area contributed by atoms with Crippen molar-refractivity contribution in [2.24, 2.45) is 0 Å². The Hall–Kier alpha value is -2.71. The third-order valence-corrected chi connectivity index (χ3v) is 5.67. The number of fused-ring (bicyclic) bond motifs is 1. The van der Waals surface area contributed by atoms with Crippen LogP contribution in [0.4, 0.5) is 19.0 Å². The fourth-order valence-electron chi connectivity index (χ4n) is 4.14. The fourth-order valence-corrected chi connectivity index (χ4v) is 4.14. The van der Waals surface area contributed by atoms with Gasteiger partial charge in [0.15, 0.2) is 6.04 Å². The molecule has 2 aliphatic rings. The van der Waals surface area contributed by atoms with Crippen LogP contribution in [0, 0.1) is 0 Å². The number of hydrogen-bond donors (Lipinski definition) is 2. The van der Waals surface area contributed by atoms with E-state index in [1.165, 1.54) is 13.3 Å². The molecule has 0 radical (unpaired) electrons. The molecule has 0 spiro atoms. The van der Waals surface area contributed by atoms with Crippen molar-refractivity contribution in [3.63, 3.8) is 0 Å². The molecule has 1 aromatic heterocycles. The van der Waals surface area contributed by atoms with E-state index in [1.54, 1.807) is 24.3 Å². The van der Waals surface area contributed by atoms with Crippen LogP contribution in [0.3, 0.4) is 0 Å². The zero-order chi connectivity index (χ0) is 20.6. The van der Waals surface area contributed by atoms with Gasteiger partial charge in [-0.05, 0) is 30.5 Å². The number of nitrogens with one attached hydrogen (secondary N) is 2. The van der Waals surface area contributed by atoms with Gasteiger partial charge in [-0.1, -0.05) is 25.0 Å². The summed E-state index contributed by atoms with van der Waals surface area (Å²) in [4.78, 5) is 12.7. The third-order valence-electron chi connectivity index (χ3n) is 5.67. The van der Waals surface area contributed by atoms with Crippen molar-refractivity contribution < 1.29 is 22.7 Å². The molecular weight excluding hydrogens is 385 g/mol. The molecule has 4 rings (SSSR count). The predicted molar refractivity (Wildman–Crippen MR) is 101 cm³/mol. The van der Waals surface area contributed by atoms with Gasteiger partial charge in [-0.15, -0.1) is 0 Å². The number of hydrogen-bond acceptors (Lipinski definition) is 4. The first-order valence-corrected chi connectivity index (χ1v) is 9.72. The predicted octanol–water partition coefficient (Wildman–Crippen LogP) is 4.22. The second-order valence-corrected chi connectivity index (χ2v) is 7.57. The summed E-state index contributed by atoms with van der Waals surface area (Å²) in [5.74, 6) is 0.269. The Balaban J connectivity index is 1.67. The van der Waals surface area contributed by atoms with E-state index in [4.69, 9.17) is 4.74 Å². The molecule has 1 fully saturated rings. The molecule has 2 aromatic rings. The van der Waals surface area contributed by atoms with Gasteiger partial charge in [-0.2, -0.15) is 18.3 Å². The van der Waals surface area contributed by atoms with E-state index >= 15 is 0 Å². The Kier molecular flexibility index (Phi) is 5.14. The van der Waals surface area contributed by atoms with Crippen LogP contribution >= 0.6 is 0 Å². The summed E-state index contributed by atoms with van der Waals surface area (Å²) >= 11 is 0. The van der Waals surface area contributed by atoms with Crippen LogP contribution in [0.15, 0.2) is 30.5 Å². The average Bonchev–Trinajstić information content (AvgIpc) is 3.36. The number of nitrogens with zero attached hydrogens (tertiary/aromatic N) is 2. The molecule has 0 unspecified atom stereocenters. The maximum Gasteiger partial charge on any atom is 0.410 e. The van der Waals surface area contributed by atoms with E-state index in [2.05, 4.69) is 15.7 Å². The first kappa shape index (κ1) is 19.6. The topological polar surface area (TPSA) is 68.2 Å². The normalized spacial score (nSPS) is 22.1. The van der Waals surface area contributed by atoms with E-state index in [0.29, 0.717) is 11.3 Å². The van der Waals surface area contributed by atoms with Crippen LogP contribution in [-0.4, -0.2) is 35.0 Å². The maximum atomic E-state index is 13.8. The molecular formula is C20H23F3N4O2. The van der Waals surface area contributed by atoms with Gasteiger partial charge >= 0.3 is 6.18 Å². The molecule has 0 saturated heterocycles. The summed E-state index contributed by atoms with van der Waals surface area (Å²) < 4.78 is 47.4. The number of benzene rings is 1. The van der Waals surface area contributed by atoms with Crippen molar-refractivity contribution in [2.45, 2.75) is 56.4 Å². The smallest absolute Gasteiger partial charge is 0.410 e. The van der Waals surface area contributed by atoms with Crippen LogP contribution < -0.4 is 15.4 Å². The van der Waals surface area contributed by atoms with E-state index in [9.17, 15) is 18.0 Å². The summed E-state index contributed by atoms with van der Waals surface area (Å²) in [6, 6.07) is 4.54. The van der Waals surface area contributed by atoms with Crippen molar-refractivity contribution in [3.05, 3.63) is 41.6 Å². The Bertz CT molecular complexity index is 890. The number of methoxy groups -OCH3 is 1. The van der Waals surface area contributed by atoms with Crippen LogP contribution in [0.1, 0.15) is 60.1 Å². The zero-order valence-corrected chi connectivity index (χ0v) is 16.0. The molecule has 6 nitrogen and oxygen atoms in total. The van der Waals surface area contributed by atoms with Crippen LogP contribution in [0.5, 0.6) is 5.75 Å². The summed E-state index contributed by atoms with van der Waals surface area (Å²) in [7, 11) is 1.51.